The summed E-state index contributed by atoms with van der Waals surface area (Å²) in [5.74, 6) is 1.40. The van der Waals surface area contributed by atoms with Gasteiger partial charge in [0.25, 0.3) is 0 Å². The number of ether oxygens (including phenoxy) is 1. The topological polar surface area (TPSA) is 60.2 Å². The summed E-state index contributed by atoms with van der Waals surface area (Å²) in [6.45, 7) is 5.13. The van der Waals surface area contributed by atoms with E-state index in [0.717, 1.165) is 12.4 Å². The summed E-state index contributed by atoms with van der Waals surface area (Å²) in [5, 5.41) is 14.5. The lowest BCUT2D eigenvalue weighted by Gasteiger charge is -2.42. The van der Waals surface area contributed by atoms with Gasteiger partial charge < -0.3 is 9.84 Å². The summed E-state index contributed by atoms with van der Waals surface area (Å²) in [4.78, 5) is 4.24. The van der Waals surface area contributed by atoms with E-state index >= 15 is 0 Å². The van der Waals surface area contributed by atoms with Gasteiger partial charge in [-0.1, -0.05) is 13.8 Å². The lowest BCUT2D eigenvalue weighted by molar-refractivity contribution is -0.127. The molecule has 0 radical (unpaired) electrons. The fraction of sp³-hybridized carbons (Fsp3) is 0.833. The number of rotatable bonds is 5. The SMILES string of the molecule is COC1CC(O)(Cc2ncnn2CC(C)C)C1. The molecule has 17 heavy (non-hydrogen) atoms. The first-order valence-electron chi connectivity index (χ1n) is 6.14. The molecule has 0 bridgehead atoms. The van der Waals surface area contributed by atoms with Crippen molar-refractivity contribution in [3.05, 3.63) is 12.2 Å². The Bertz CT molecular complexity index is 370. The fourth-order valence-electron chi connectivity index (χ4n) is 2.32. The van der Waals surface area contributed by atoms with Crippen LogP contribution < -0.4 is 0 Å². The molecule has 0 amide bonds. The van der Waals surface area contributed by atoms with Crippen molar-refractivity contribution >= 4 is 0 Å². The number of aliphatic hydroxyl groups is 1. The number of hydrogen-bond acceptors (Lipinski definition) is 4. The molecule has 1 aliphatic carbocycles. The molecular weight excluding hydrogens is 218 g/mol. The molecule has 1 heterocycles. The molecule has 0 aromatic carbocycles. The van der Waals surface area contributed by atoms with E-state index in [1.54, 1.807) is 13.4 Å². The smallest absolute Gasteiger partial charge is 0.138 e. The normalized spacial score (nSPS) is 28.4. The molecule has 1 aliphatic rings. The van der Waals surface area contributed by atoms with E-state index in [1.165, 1.54) is 0 Å². The monoisotopic (exact) mass is 239 g/mol. The molecule has 0 spiro atoms. The third kappa shape index (κ3) is 2.84. The van der Waals surface area contributed by atoms with E-state index in [0.29, 0.717) is 25.2 Å². The second-order valence-electron chi connectivity index (χ2n) is 5.42. The van der Waals surface area contributed by atoms with Crippen LogP contribution in [0.3, 0.4) is 0 Å². The molecule has 1 N–H and O–H groups in total. The maximum Gasteiger partial charge on any atom is 0.138 e. The third-order valence-corrected chi connectivity index (χ3v) is 3.27. The summed E-state index contributed by atoms with van der Waals surface area (Å²) in [6, 6.07) is 0. The zero-order chi connectivity index (χ0) is 12.5. The van der Waals surface area contributed by atoms with Gasteiger partial charge in [-0.3, -0.25) is 0 Å². The van der Waals surface area contributed by atoms with Gasteiger partial charge in [0.15, 0.2) is 0 Å². The van der Waals surface area contributed by atoms with Gasteiger partial charge in [0.2, 0.25) is 0 Å². The Hall–Kier alpha value is -0.940. The Kier molecular flexibility index (Phi) is 3.49. The number of nitrogens with zero attached hydrogens (tertiary/aromatic N) is 3. The van der Waals surface area contributed by atoms with Gasteiger partial charge in [-0.2, -0.15) is 5.10 Å². The molecule has 0 unspecified atom stereocenters. The summed E-state index contributed by atoms with van der Waals surface area (Å²) < 4.78 is 7.08. The predicted molar refractivity (Wildman–Crippen MR) is 63.5 cm³/mol. The first kappa shape index (κ1) is 12.5. The van der Waals surface area contributed by atoms with Crippen molar-refractivity contribution in [2.45, 2.75) is 51.4 Å². The highest BCUT2D eigenvalue weighted by molar-refractivity contribution is 5.03. The van der Waals surface area contributed by atoms with Crippen LogP contribution in [0.5, 0.6) is 0 Å². The van der Waals surface area contributed by atoms with Crippen molar-refractivity contribution in [3.63, 3.8) is 0 Å². The number of methoxy groups -OCH3 is 1. The van der Waals surface area contributed by atoms with Crippen molar-refractivity contribution in [1.82, 2.24) is 14.8 Å². The summed E-state index contributed by atoms with van der Waals surface area (Å²) in [5.41, 5.74) is -0.650. The maximum absolute atomic E-state index is 10.3. The lowest BCUT2D eigenvalue weighted by Crippen LogP contribution is -2.50. The number of aromatic nitrogens is 3. The van der Waals surface area contributed by atoms with Crippen molar-refractivity contribution in [2.24, 2.45) is 5.92 Å². The molecule has 96 valence electrons. The molecule has 5 heteroatoms. The van der Waals surface area contributed by atoms with E-state index in [2.05, 4.69) is 23.9 Å². The van der Waals surface area contributed by atoms with Crippen LogP contribution in [0.15, 0.2) is 6.33 Å². The first-order valence-corrected chi connectivity index (χ1v) is 6.14. The first-order chi connectivity index (χ1) is 8.02. The van der Waals surface area contributed by atoms with E-state index in [1.807, 2.05) is 4.68 Å². The van der Waals surface area contributed by atoms with Gasteiger partial charge in [-0.15, -0.1) is 0 Å². The largest absolute Gasteiger partial charge is 0.389 e. The average Bonchev–Trinajstić information content (AvgIpc) is 2.60. The van der Waals surface area contributed by atoms with Gasteiger partial charge in [0.05, 0.1) is 11.7 Å². The Morgan fingerprint density at radius 3 is 2.88 bits per heavy atom. The van der Waals surface area contributed by atoms with Gasteiger partial charge in [-0.25, -0.2) is 9.67 Å². The fourth-order valence-corrected chi connectivity index (χ4v) is 2.32. The molecule has 1 aromatic heterocycles. The standard InChI is InChI=1S/C12H21N3O2/c1-9(2)7-15-11(13-8-14-15)6-12(16)4-10(5-12)17-3/h8-10,16H,4-7H2,1-3H3. The highest BCUT2D eigenvalue weighted by atomic mass is 16.5. The van der Waals surface area contributed by atoms with E-state index in [-0.39, 0.29) is 6.10 Å². The van der Waals surface area contributed by atoms with Crippen LogP contribution in [-0.2, 0) is 17.7 Å². The van der Waals surface area contributed by atoms with Crippen LogP contribution in [0.4, 0.5) is 0 Å². The van der Waals surface area contributed by atoms with Crippen LogP contribution >= 0.6 is 0 Å². The van der Waals surface area contributed by atoms with E-state index in [9.17, 15) is 5.11 Å². The Morgan fingerprint density at radius 1 is 1.59 bits per heavy atom. The molecule has 1 aromatic rings. The quantitative estimate of drug-likeness (QED) is 0.833. The molecule has 0 saturated heterocycles. The Morgan fingerprint density at radius 2 is 2.29 bits per heavy atom. The van der Waals surface area contributed by atoms with Crippen LogP contribution in [0.1, 0.15) is 32.5 Å². The predicted octanol–water partition coefficient (Wildman–Crippen LogP) is 1.02. The molecule has 1 fully saturated rings. The molecule has 0 atom stereocenters. The summed E-state index contributed by atoms with van der Waals surface area (Å²) in [7, 11) is 1.69. The highest BCUT2D eigenvalue weighted by Crippen LogP contribution is 2.36. The molecule has 0 aliphatic heterocycles. The molecular formula is C12H21N3O2. The van der Waals surface area contributed by atoms with Gasteiger partial charge >= 0.3 is 0 Å². The minimum atomic E-state index is -0.650. The molecule has 2 rings (SSSR count). The van der Waals surface area contributed by atoms with E-state index in [4.69, 9.17) is 4.74 Å². The van der Waals surface area contributed by atoms with Crippen molar-refractivity contribution in [2.75, 3.05) is 7.11 Å². The average molecular weight is 239 g/mol. The lowest BCUT2D eigenvalue weighted by atomic mass is 9.75. The third-order valence-electron chi connectivity index (χ3n) is 3.27. The van der Waals surface area contributed by atoms with Gasteiger partial charge in [-0.05, 0) is 5.92 Å². The molecule has 1 saturated carbocycles. The van der Waals surface area contributed by atoms with E-state index < -0.39 is 5.60 Å². The second kappa shape index (κ2) is 4.74. The zero-order valence-electron chi connectivity index (χ0n) is 10.8. The molecule has 5 nitrogen and oxygen atoms in total. The Labute approximate surface area is 102 Å². The minimum absolute atomic E-state index is 0.196. The maximum atomic E-state index is 10.3. The van der Waals surface area contributed by atoms with Crippen molar-refractivity contribution in [1.29, 1.82) is 0 Å². The minimum Gasteiger partial charge on any atom is -0.389 e. The van der Waals surface area contributed by atoms with Crippen molar-refractivity contribution < 1.29 is 9.84 Å². The van der Waals surface area contributed by atoms with Crippen LogP contribution in [0.2, 0.25) is 0 Å². The van der Waals surface area contributed by atoms with Crippen LogP contribution in [0, 0.1) is 5.92 Å². The second-order valence-corrected chi connectivity index (χ2v) is 5.42. The Balaban J connectivity index is 1.97. The number of hydrogen-bond donors (Lipinski definition) is 1. The van der Waals surface area contributed by atoms with Crippen LogP contribution in [-0.4, -0.2) is 38.7 Å². The highest BCUT2D eigenvalue weighted by Gasteiger charge is 2.43. The zero-order valence-corrected chi connectivity index (χ0v) is 10.8. The van der Waals surface area contributed by atoms with Crippen LogP contribution in [0.25, 0.3) is 0 Å². The summed E-state index contributed by atoms with van der Waals surface area (Å²) in [6.07, 6.45) is 3.71. The van der Waals surface area contributed by atoms with Crippen molar-refractivity contribution in [3.8, 4) is 0 Å². The summed E-state index contributed by atoms with van der Waals surface area (Å²) >= 11 is 0. The van der Waals surface area contributed by atoms with Gasteiger partial charge in [0.1, 0.15) is 12.2 Å². The van der Waals surface area contributed by atoms with Gasteiger partial charge in [0, 0.05) is 32.9 Å².